The van der Waals surface area contributed by atoms with Crippen LogP contribution in [0.15, 0.2) is 24.3 Å². The molecule has 0 saturated carbocycles. The Hall–Kier alpha value is -1.55. The first kappa shape index (κ1) is 17.5. The molecule has 0 aliphatic heterocycles. The molecule has 0 saturated heterocycles. The molecule has 0 aromatic heterocycles. The molecule has 0 spiro atoms. The number of amides is 1. The van der Waals surface area contributed by atoms with Crippen LogP contribution in [-0.2, 0) is 9.53 Å². The van der Waals surface area contributed by atoms with Crippen LogP contribution in [0.3, 0.4) is 0 Å². The third-order valence-electron chi connectivity index (χ3n) is 3.00. The molecular weight excluding hydrogens is 266 g/mol. The zero-order chi connectivity index (χ0) is 15.7. The first-order valence-corrected chi connectivity index (χ1v) is 7.65. The van der Waals surface area contributed by atoms with Crippen LogP contribution in [0.4, 0.5) is 0 Å². The molecule has 1 aromatic carbocycles. The van der Waals surface area contributed by atoms with E-state index in [9.17, 15) is 4.79 Å². The van der Waals surface area contributed by atoms with E-state index < -0.39 is 6.10 Å². The molecule has 1 N–H and O–H groups in total. The minimum absolute atomic E-state index is 0.0662. The quantitative estimate of drug-likeness (QED) is 0.712. The van der Waals surface area contributed by atoms with Gasteiger partial charge in [0.25, 0.3) is 5.91 Å². The summed E-state index contributed by atoms with van der Waals surface area (Å²) < 4.78 is 11.2. The standard InChI is InChI=1S/C17H27NO3/c1-5-16(21-15-9-6-8-14(4)12-15)17(19)18-10-7-11-20-13(2)3/h6,8-9,12-13,16H,5,7,10-11H2,1-4H3,(H,18,19)/t16-/m1/s1. The summed E-state index contributed by atoms with van der Waals surface area (Å²) in [5.41, 5.74) is 1.12. The molecule has 0 aliphatic carbocycles. The normalized spacial score (nSPS) is 12.2. The van der Waals surface area contributed by atoms with Crippen molar-refractivity contribution in [3.8, 4) is 5.75 Å². The van der Waals surface area contributed by atoms with Crippen LogP contribution in [0.1, 0.15) is 39.2 Å². The van der Waals surface area contributed by atoms with E-state index in [2.05, 4.69) is 5.32 Å². The summed E-state index contributed by atoms with van der Waals surface area (Å²) in [5.74, 6) is 0.670. The molecule has 4 nitrogen and oxygen atoms in total. The second-order valence-electron chi connectivity index (χ2n) is 5.40. The Kier molecular flexibility index (Phi) is 7.83. The summed E-state index contributed by atoms with van der Waals surface area (Å²) in [7, 11) is 0. The van der Waals surface area contributed by atoms with Crippen LogP contribution >= 0.6 is 0 Å². The molecule has 4 heteroatoms. The van der Waals surface area contributed by atoms with Gasteiger partial charge < -0.3 is 14.8 Å². The maximum absolute atomic E-state index is 12.1. The van der Waals surface area contributed by atoms with Gasteiger partial charge in [-0.3, -0.25) is 4.79 Å². The fourth-order valence-corrected chi connectivity index (χ4v) is 1.89. The van der Waals surface area contributed by atoms with Gasteiger partial charge >= 0.3 is 0 Å². The molecule has 0 unspecified atom stereocenters. The van der Waals surface area contributed by atoms with Crippen molar-refractivity contribution in [3.63, 3.8) is 0 Å². The minimum Gasteiger partial charge on any atom is -0.481 e. The molecule has 21 heavy (non-hydrogen) atoms. The number of carbonyl (C=O) groups is 1. The van der Waals surface area contributed by atoms with Crippen LogP contribution in [-0.4, -0.2) is 31.3 Å². The first-order chi connectivity index (χ1) is 10.0. The van der Waals surface area contributed by atoms with Crippen molar-refractivity contribution in [2.45, 2.75) is 52.7 Å². The number of hydrogen-bond acceptors (Lipinski definition) is 3. The van der Waals surface area contributed by atoms with Gasteiger partial charge in [-0.25, -0.2) is 0 Å². The summed E-state index contributed by atoms with van der Waals surface area (Å²) in [6.07, 6.45) is 1.24. The van der Waals surface area contributed by atoms with Crippen LogP contribution in [0, 0.1) is 6.92 Å². The van der Waals surface area contributed by atoms with Gasteiger partial charge in [-0.15, -0.1) is 0 Å². The molecule has 0 radical (unpaired) electrons. The van der Waals surface area contributed by atoms with E-state index in [0.717, 1.165) is 17.7 Å². The van der Waals surface area contributed by atoms with Crippen LogP contribution < -0.4 is 10.1 Å². The molecule has 0 fully saturated rings. The van der Waals surface area contributed by atoms with Gasteiger partial charge in [0.15, 0.2) is 6.10 Å². The van der Waals surface area contributed by atoms with E-state index in [1.54, 1.807) is 0 Å². The molecule has 118 valence electrons. The lowest BCUT2D eigenvalue weighted by molar-refractivity contribution is -0.128. The second kappa shape index (κ2) is 9.40. The van der Waals surface area contributed by atoms with Crippen molar-refractivity contribution in [2.75, 3.05) is 13.2 Å². The van der Waals surface area contributed by atoms with Crippen molar-refractivity contribution in [1.82, 2.24) is 5.32 Å². The van der Waals surface area contributed by atoms with E-state index in [0.29, 0.717) is 19.6 Å². The zero-order valence-corrected chi connectivity index (χ0v) is 13.5. The Labute approximate surface area is 127 Å². The predicted octanol–water partition coefficient (Wildman–Crippen LogP) is 3.08. The fourth-order valence-electron chi connectivity index (χ4n) is 1.89. The molecular formula is C17H27NO3. The number of benzene rings is 1. The van der Waals surface area contributed by atoms with Crippen molar-refractivity contribution in [2.24, 2.45) is 0 Å². The summed E-state index contributed by atoms with van der Waals surface area (Å²) in [5, 5.41) is 2.90. The Morgan fingerprint density at radius 1 is 1.33 bits per heavy atom. The van der Waals surface area contributed by atoms with E-state index in [4.69, 9.17) is 9.47 Å². The van der Waals surface area contributed by atoms with Crippen molar-refractivity contribution >= 4 is 5.91 Å². The number of hydrogen-bond donors (Lipinski definition) is 1. The van der Waals surface area contributed by atoms with Crippen molar-refractivity contribution < 1.29 is 14.3 Å². The number of ether oxygens (including phenoxy) is 2. The fraction of sp³-hybridized carbons (Fsp3) is 0.588. The summed E-state index contributed by atoms with van der Waals surface area (Å²) in [6, 6.07) is 7.74. The highest BCUT2D eigenvalue weighted by Gasteiger charge is 2.17. The maximum Gasteiger partial charge on any atom is 0.261 e. The molecule has 1 amide bonds. The summed E-state index contributed by atoms with van der Waals surface area (Å²) >= 11 is 0. The SMILES string of the molecule is CC[C@@H](Oc1cccc(C)c1)C(=O)NCCCOC(C)C. The van der Waals surface area contributed by atoms with Gasteiger partial charge in [0.2, 0.25) is 0 Å². The van der Waals surface area contributed by atoms with Crippen LogP contribution in [0.25, 0.3) is 0 Å². The largest absolute Gasteiger partial charge is 0.481 e. The van der Waals surface area contributed by atoms with Gasteiger partial charge in [0, 0.05) is 13.2 Å². The van der Waals surface area contributed by atoms with Gasteiger partial charge in [0.1, 0.15) is 5.75 Å². The molecule has 0 aliphatic rings. The highest BCUT2D eigenvalue weighted by atomic mass is 16.5. The Bertz CT molecular complexity index is 432. The van der Waals surface area contributed by atoms with E-state index in [-0.39, 0.29) is 12.0 Å². The Morgan fingerprint density at radius 3 is 2.71 bits per heavy atom. The smallest absolute Gasteiger partial charge is 0.261 e. The van der Waals surface area contributed by atoms with Gasteiger partial charge in [-0.05, 0) is 51.3 Å². The third kappa shape index (κ3) is 7.14. The molecule has 0 heterocycles. The molecule has 0 bridgehead atoms. The van der Waals surface area contributed by atoms with Crippen molar-refractivity contribution in [3.05, 3.63) is 29.8 Å². The third-order valence-corrected chi connectivity index (χ3v) is 3.00. The first-order valence-electron chi connectivity index (χ1n) is 7.65. The zero-order valence-electron chi connectivity index (χ0n) is 13.5. The summed E-state index contributed by atoms with van der Waals surface area (Å²) in [6.45, 7) is 9.22. The number of rotatable bonds is 9. The van der Waals surface area contributed by atoms with Crippen LogP contribution in [0.5, 0.6) is 5.75 Å². The highest BCUT2D eigenvalue weighted by molar-refractivity contribution is 5.81. The highest BCUT2D eigenvalue weighted by Crippen LogP contribution is 2.15. The average Bonchev–Trinajstić information content (AvgIpc) is 2.44. The number of aryl methyl sites for hydroxylation is 1. The molecule has 1 aromatic rings. The lowest BCUT2D eigenvalue weighted by atomic mass is 10.2. The van der Waals surface area contributed by atoms with E-state index in [1.165, 1.54) is 0 Å². The topological polar surface area (TPSA) is 47.6 Å². The Balaban J connectivity index is 2.36. The van der Waals surface area contributed by atoms with Gasteiger partial charge in [-0.1, -0.05) is 19.1 Å². The number of carbonyl (C=O) groups excluding carboxylic acids is 1. The number of nitrogens with one attached hydrogen (secondary N) is 1. The van der Waals surface area contributed by atoms with Crippen molar-refractivity contribution in [1.29, 1.82) is 0 Å². The van der Waals surface area contributed by atoms with Gasteiger partial charge in [0.05, 0.1) is 6.10 Å². The van der Waals surface area contributed by atoms with E-state index in [1.807, 2.05) is 52.0 Å². The lowest BCUT2D eigenvalue weighted by Crippen LogP contribution is -2.38. The second-order valence-corrected chi connectivity index (χ2v) is 5.40. The van der Waals surface area contributed by atoms with E-state index >= 15 is 0 Å². The predicted molar refractivity (Wildman–Crippen MR) is 84.6 cm³/mol. The maximum atomic E-state index is 12.1. The average molecular weight is 293 g/mol. The van der Waals surface area contributed by atoms with Gasteiger partial charge in [-0.2, -0.15) is 0 Å². The van der Waals surface area contributed by atoms with Crippen LogP contribution in [0.2, 0.25) is 0 Å². The minimum atomic E-state index is -0.446. The lowest BCUT2D eigenvalue weighted by Gasteiger charge is -2.17. The Morgan fingerprint density at radius 2 is 2.10 bits per heavy atom. The monoisotopic (exact) mass is 293 g/mol. The molecule has 1 rings (SSSR count). The molecule has 1 atom stereocenters. The summed E-state index contributed by atoms with van der Waals surface area (Å²) in [4.78, 5) is 12.1.